The second kappa shape index (κ2) is 10.8. The summed E-state index contributed by atoms with van der Waals surface area (Å²) < 4.78 is 35.5. The number of hydrogen-bond donors (Lipinski definition) is 2. The van der Waals surface area contributed by atoms with Gasteiger partial charge < -0.3 is 20.3 Å². The molecule has 3 aromatic heterocycles. The first-order chi connectivity index (χ1) is 18.7. The molecule has 0 radical (unpaired) electrons. The van der Waals surface area contributed by atoms with E-state index in [1.165, 1.54) is 18.3 Å². The van der Waals surface area contributed by atoms with Crippen molar-refractivity contribution in [2.45, 2.75) is 19.4 Å². The molecule has 11 nitrogen and oxygen atoms in total. The van der Waals surface area contributed by atoms with Gasteiger partial charge in [-0.1, -0.05) is 12.6 Å². The van der Waals surface area contributed by atoms with E-state index >= 15 is 4.39 Å². The molecule has 1 aliphatic heterocycles. The van der Waals surface area contributed by atoms with Gasteiger partial charge in [-0.2, -0.15) is 10.1 Å². The van der Waals surface area contributed by atoms with Gasteiger partial charge in [0.15, 0.2) is 17.4 Å². The molecule has 5 rings (SSSR count). The third-order valence-corrected chi connectivity index (χ3v) is 6.02. The van der Waals surface area contributed by atoms with Crippen molar-refractivity contribution in [3.8, 4) is 22.9 Å². The second-order valence-electron chi connectivity index (χ2n) is 9.00. The molecule has 0 bridgehead atoms. The minimum Gasteiger partial charge on any atom is -0.421 e. The number of benzene rings is 1. The SMILES string of the molecule is C=C(F)C(=O)N[C@H]1CCN(c2nc(Nc3cnn(C)c3)ncc2-c2ccc(Oc3nccc(C)n3)c(F)c2)C1. The maximum absolute atomic E-state index is 15.1. The maximum atomic E-state index is 15.1. The molecular weight excluding hydrogens is 508 g/mol. The molecule has 1 aliphatic rings. The molecule has 0 spiro atoms. The van der Waals surface area contributed by atoms with Crippen molar-refractivity contribution in [2.24, 2.45) is 7.05 Å². The first-order valence-corrected chi connectivity index (χ1v) is 12.1. The predicted octanol–water partition coefficient (Wildman–Crippen LogP) is 3.83. The number of rotatable bonds is 8. The van der Waals surface area contributed by atoms with Crippen molar-refractivity contribution in [1.82, 2.24) is 35.0 Å². The van der Waals surface area contributed by atoms with Gasteiger partial charge in [-0.25, -0.2) is 23.7 Å². The summed E-state index contributed by atoms with van der Waals surface area (Å²) >= 11 is 0. The molecular formula is C26H25F2N9O2. The number of aryl methyl sites for hydroxylation is 2. The van der Waals surface area contributed by atoms with Gasteiger partial charge >= 0.3 is 6.01 Å². The van der Waals surface area contributed by atoms with Crippen molar-refractivity contribution < 1.29 is 18.3 Å². The number of hydrogen-bond acceptors (Lipinski definition) is 9. The Morgan fingerprint density at radius 1 is 1.21 bits per heavy atom. The number of halogens is 2. The van der Waals surface area contributed by atoms with Crippen LogP contribution >= 0.6 is 0 Å². The molecule has 1 fully saturated rings. The van der Waals surface area contributed by atoms with E-state index in [-0.39, 0.29) is 17.8 Å². The second-order valence-corrected chi connectivity index (χ2v) is 9.00. The summed E-state index contributed by atoms with van der Waals surface area (Å²) in [7, 11) is 1.79. The Morgan fingerprint density at radius 3 is 2.77 bits per heavy atom. The van der Waals surface area contributed by atoms with Crippen LogP contribution in [0.5, 0.6) is 11.8 Å². The highest BCUT2D eigenvalue weighted by atomic mass is 19.1. The zero-order valence-electron chi connectivity index (χ0n) is 21.2. The Bertz CT molecular complexity index is 1540. The number of carbonyl (C=O) groups is 1. The van der Waals surface area contributed by atoms with Crippen LogP contribution in [0.3, 0.4) is 0 Å². The number of anilines is 3. The van der Waals surface area contributed by atoms with Crippen LogP contribution in [0.15, 0.2) is 61.5 Å². The van der Waals surface area contributed by atoms with Crippen molar-refractivity contribution in [3.63, 3.8) is 0 Å². The minimum absolute atomic E-state index is 0.0305. The van der Waals surface area contributed by atoms with E-state index < -0.39 is 17.6 Å². The summed E-state index contributed by atoms with van der Waals surface area (Å²) in [5.74, 6) is -1.72. The van der Waals surface area contributed by atoms with Crippen LogP contribution in [-0.2, 0) is 11.8 Å². The average molecular weight is 534 g/mol. The molecule has 39 heavy (non-hydrogen) atoms. The van der Waals surface area contributed by atoms with Crippen LogP contribution in [0.1, 0.15) is 12.1 Å². The fraction of sp³-hybridized carbons (Fsp3) is 0.231. The monoisotopic (exact) mass is 533 g/mol. The first kappa shape index (κ1) is 25.7. The third-order valence-electron chi connectivity index (χ3n) is 6.02. The summed E-state index contributed by atoms with van der Waals surface area (Å²) in [6.45, 7) is 5.71. The zero-order chi connectivity index (χ0) is 27.5. The summed E-state index contributed by atoms with van der Waals surface area (Å²) in [6, 6.07) is 5.93. The largest absolute Gasteiger partial charge is 0.421 e. The number of carbonyl (C=O) groups excluding carboxylic acids is 1. The van der Waals surface area contributed by atoms with Crippen LogP contribution in [-0.4, -0.2) is 54.8 Å². The average Bonchev–Trinajstić information content (AvgIpc) is 3.54. The van der Waals surface area contributed by atoms with Gasteiger partial charge in [0.05, 0.1) is 11.9 Å². The van der Waals surface area contributed by atoms with Crippen molar-refractivity contribution in [3.05, 3.63) is 73.0 Å². The Balaban J connectivity index is 1.45. The van der Waals surface area contributed by atoms with Gasteiger partial charge in [0.25, 0.3) is 5.91 Å². The minimum atomic E-state index is -1.05. The lowest BCUT2D eigenvalue weighted by Crippen LogP contribution is -2.37. The van der Waals surface area contributed by atoms with Gasteiger partial charge in [0.2, 0.25) is 5.95 Å². The van der Waals surface area contributed by atoms with Crippen molar-refractivity contribution in [2.75, 3.05) is 23.3 Å². The standard InChI is InChI=1S/C26H25F2N9O2/c1-15-6-8-29-26(32-15)39-22-5-4-17(10-21(22)28)20-12-30-25(34-19-11-31-36(3)13-19)35-23(20)37-9-7-18(14-37)33-24(38)16(2)27/h4-6,8,10-13,18H,2,7,9,14H2,1,3H3,(H,33,38)(H,30,34,35)/t18-/m0/s1. The van der Waals surface area contributed by atoms with E-state index in [9.17, 15) is 9.18 Å². The van der Waals surface area contributed by atoms with E-state index in [0.29, 0.717) is 53.8 Å². The highest BCUT2D eigenvalue weighted by Gasteiger charge is 2.28. The molecule has 4 aromatic rings. The fourth-order valence-corrected chi connectivity index (χ4v) is 4.15. The van der Waals surface area contributed by atoms with Crippen LogP contribution in [0.2, 0.25) is 0 Å². The summed E-state index contributed by atoms with van der Waals surface area (Å²) in [5.41, 5.74) is 2.45. The van der Waals surface area contributed by atoms with Gasteiger partial charge in [0.1, 0.15) is 5.82 Å². The third kappa shape index (κ3) is 5.98. The van der Waals surface area contributed by atoms with Crippen molar-refractivity contribution >= 4 is 23.4 Å². The number of nitrogens with zero attached hydrogens (tertiary/aromatic N) is 7. The van der Waals surface area contributed by atoms with E-state index in [1.807, 2.05) is 4.90 Å². The molecule has 2 N–H and O–H groups in total. The highest BCUT2D eigenvalue weighted by molar-refractivity contribution is 5.90. The van der Waals surface area contributed by atoms with Crippen LogP contribution in [0.4, 0.5) is 26.2 Å². The Morgan fingerprint density at radius 2 is 2.05 bits per heavy atom. The topological polar surface area (TPSA) is 123 Å². The Hall–Kier alpha value is -4.94. The quantitative estimate of drug-likeness (QED) is 0.325. The smallest absolute Gasteiger partial charge is 0.322 e. The summed E-state index contributed by atoms with van der Waals surface area (Å²) in [4.78, 5) is 31.0. The van der Waals surface area contributed by atoms with Crippen LogP contribution in [0, 0.1) is 12.7 Å². The van der Waals surface area contributed by atoms with E-state index in [4.69, 9.17) is 9.72 Å². The first-order valence-electron chi connectivity index (χ1n) is 12.1. The van der Waals surface area contributed by atoms with Gasteiger partial charge in [-0.05, 0) is 37.1 Å². The Labute approximate surface area is 222 Å². The zero-order valence-corrected chi connectivity index (χ0v) is 21.2. The van der Waals surface area contributed by atoms with E-state index in [2.05, 4.69) is 37.3 Å². The van der Waals surface area contributed by atoms with E-state index in [0.717, 1.165) is 0 Å². The van der Waals surface area contributed by atoms with Gasteiger partial charge in [0, 0.05) is 56.0 Å². The number of nitrogens with one attached hydrogen (secondary N) is 2. The predicted molar refractivity (Wildman–Crippen MR) is 140 cm³/mol. The molecule has 13 heteroatoms. The lowest BCUT2D eigenvalue weighted by molar-refractivity contribution is -0.119. The molecule has 0 saturated carbocycles. The van der Waals surface area contributed by atoms with Gasteiger partial charge in [-0.15, -0.1) is 0 Å². The molecule has 200 valence electrons. The van der Waals surface area contributed by atoms with Crippen LogP contribution < -0.4 is 20.3 Å². The summed E-state index contributed by atoms with van der Waals surface area (Å²) in [5, 5.41) is 9.86. The Kier molecular flexibility index (Phi) is 7.12. The number of amides is 1. The molecule has 0 aliphatic carbocycles. The van der Waals surface area contributed by atoms with E-state index in [1.54, 1.807) is 49.4 Å². The lowest BCUT2D eigenvalue weighted by Gasteiger charge is -2.22. The summed E-state index contributed by atoms with van der Waals surface area (Å²) in [6.07, 6.45) is 7.09. The molecule has 1 amide bonds. The number of ether oxygens (including phenoxy) is 1. The highest BCUT2D eigenvalue weighted by Crippen LogP contribution is 2.35. The molecule has 1 saturated heterocycles. The van der Waals surface area contributed by atoms with Gasteiger partial charge in [-0.3, -0.25) is 9.48 Å². The molecule has 1 atom stereocenters. The number of aromatic nitrogens is 6. The lowest BCUT2D eigenvalue weighted by atomic mass is 10.1. The maximum Gasteiger partial charge on any atom is 0.322 e. The molecule has 4 heterocycles. The fourth-order valence-electron chi connectivity index (χ4n) is 4.15. The van der Waals surface area contributed by atoms with Crippen molar-refractivity contribution in [1.29, 1.82) is 0 Å². The molecule has 0 unspecified atom stereocenters. The normalized spacial score (nSPS) is 14.8. The molecule has 1 aromatic carbocycles. The van der Waals surface area contributed by atoms with Crippen LogP contribution in [0.25, 0.3) is 11.1 Å².